The van der Waals surface area contributed by atoms with E-state index in [0.29, 0.717) is 40.3 Å². The van der Waals surface area contributed by atoms with Gasteiger partial charge in [-0.2, -0.15) is 4.99 Å². The Morgan fingerprint density at radius 2 is 1.27 bits per heavy atom. The highest BCUT2D eigenvalue weighted by molar-refractivity contribution is 7.78. The van der Waals surface area contributed by atoms with Crippen LogP contribution < -0.4 is 30.7 Å². The van der Waals surface area contributed by atoms with Crippen LogP contribution in [0.5, 0.6) is 23.0 Å². The molecule has 0 saturated carbocycles. The minimum atomic E-state index is -0.492. The highest BCUT2D eigenvalue weighted by atomic mass is 32.1. The highest BCUT2D eigenvalue weighted by Crippen LogP contribution is 2.33. The number of hydrogen-bond donors (Lipinski definition) is 4. The van der Waals surface area contributed by atoms with Crippen molar-refractivity contribution < 1.29 is 24.0 Å². The van der Waals surface area contributed by atoms with E-state index in [1.54, 1.807) is 43.6 Å². The van der Waals surface area contributed by atoms with Crippen molar-refractivity contribution in [2.45, 2.75) is 66.2 Å². The van der Waals surface area contributed by atoms with E-state index in [9.17, 15) is 19.7 Å². The number of rotatable bonds is 11. The fourth-order valence-corrected chi connectivity index (χ4v) is 6.40. The summed E-state index contributed by atoms with van der Waals surface area (Å²) in [5.74, 6) is 3.05. The molecule has 7 rings (SSSR count). The predicted molar refractivity (Wildman–Crippen MR) is 269 cm³/mol. The number of nitro benzene ring substituents is 1. The normalized spacial score (nSPS) is 10.8. The summed E-state index contributed by atoms with van der Waals surface area (Å²) in [4.78, 5) is 49.6. The Labute approximate surface area is 395 Å². The first-order chi connectivity index (χ1) is 31.7. The molecule has 0 radical (unpaired) electrons. The third-order valence-electron chi connectivity index (χ3n) is 9.70. The average molecular weight is 923 g/mol. The van der Waals surface area contributed by atoms with Crippen molar-refractivity contribution in [2.75, 3.05) is 28.3 Å². The van der Waals surface area contributed by atoms with Crippen molar-refractivity contribution in [3.63, 3.8) is 0 Å². The van der Waals surface area contributed by atoms with E-state index in [1.165, 1.54) is 43.3 Å². The smallest absolute Gasteiger partial charge is 0.296 e. The highest BCUT2D eigenvalue weighted by Gasteiger charge is 2.17. The lowest BCUT2D eigenvalue weighted by Gasteiger charge is -2.20. The molecule has 0 aliphatic heterocycles. The molecule has 0 fully saturated rings. The Kier molecular flexibility index (Phi) is 16.6. The zero-order valence-corrected chi connectivity index (χ0v) is 39.9. The summed E-state index contributed by atoms with van der Waals surface area (Å²) in [5.41, 5.74) is 6.73. The number of carbonyl (C=O) groups excluding carboxylic acids is 2. The van der Waals surface area contributed by atoms with E-state index in [4.69, 9.17) is 14.5 Å². The number of aryl methyl sites for hydroxylation is 1. The van der Waals surface area contributed by atoms with Crippen LogP contribution in [0, 0.1) is 10.1 Å². The molecule has 2 amide bonds. The van der Waals surface area contributed by atoms with Crippen LogP contribution in [0.2, 0.25) is 0 Å². The SMILES string of the molecule is CC(=O)Nc1cc(Oc2ccc3c(c2)nc(Nc2cccc(C(C)(C)C)c2)n3C)ccn1.CC(C)(C)c1cccc(N=C=S)c1.CNc1ccc(Oc2ccnc(NC(C)=O)c2)cc1[N+](=O)[O-]. The predicted octanol–water partition coefficient (Wildman–Crippen LogP) is 12.3. The van der Waals surface area contributed by atoms with Gasteiger partial charge in [0.25, 0.3) is 5.69 Å². The first kappa shape index (κ1) is 50.0. The molecule has 0 atom stereocenters. The number of imidazole rings is 1. The molecular formula is C50H54N10O6S. The topological polar surface area (TPSA) is 200 Å². The molecule has 0 aliphatic carbocycles. The van der Waals surface area contributed by atoms with Crippen LogP contribution in [0.25, 0.3) is 11.0 Å². The second-order valence-corrected chi connectivity index (χ2v) is 17.3. The maximum absolute atomic E-state index is 11.3. The molecule has 0 spiro atoms. The van der Waals surface area contributed by atoms with Crippen LogP contribution in [0.3, 0.4) is 0 Å². The number of amides is 2. The number of aromatic nitrogens is 4. The number of nitrogens with one attached hydrogen (secondary N) is 4. The first-order valence-corrected chi connectivity index (χ1v) is 21.4. The number of aliphatic imine (C=N–C) groups is 1. The standard InChI is InChI=1S/C25H27N5O2.C14H14N4O4.C11H13NS/c1-16(31)27-23-15-20(11-12-26-23)32-19-9-10-22-21(14-19)29-24(30(22)5)28-18-8-6-7-17(13-18)25(2,3)4;1-9(19)17-14-8-11(5-6-16-14)22-10-3-4-12(15-2)13(7-10)18(20)21;1-11(2,3)9-5-4-6-10(7-9)12-8-13/h6-15H,1-5H3,(H,28,29)(H,26,27,31);3-8,15H,1-2H3,(H,16,17,19);4-7H,1-3H3. The maximum atomic E-state index is 11.3. The van der Waals surface area contributed by atoms with Crippen LogP contribution in [0.15, 0.2) is 127 Å². The molecule has 17 heteroatoms. The Morgan fingerprint density at radius 1 is 0.731 bits per heavy atom. The molecule has 16 nitrogen and oxygen atoms in total. The van der Waals surface area contributed by atoms with E-state index < -0.39 is 4.92 Å². The third kappa shape index (κ3) is 14.8. The fraction of sp³-hybridized carbons (Fsp3) is 0.240. The van der Waals surface area contributed by atoms with Gasteiger partial charge in [-0.15, -0.1) is 0 Å². The number of nitrogens with zero attached hydrogens (tertiary/aromatic N) is 6. The van der Waals surface area contributed by atoms with Crippen molar-refractivity contribution in [3.05, 3.63) is 143 Å². The second kappa shape index (κ2) is 22.3. The summed E-state index contributed by atoms with van der Waals surface area (Å²) >= 11 is 4.55. The van der Waals surface area contributed by atoms with E-state index >= 15 is 0 Å². The summed E-state index contributed by atoms with van der Waals surface area (Å²) in [6.45, 7) is 15.9. The van der Waals surface area contributed by atoms with E-state index in [-0.39, 0.29) is 28.3 Å². The van der Waals surface area contributed by atoms with Crippen LogP contribution >= 0.6 is 12.2 Å². The molecule has 7 aromatic rings. The summed E-state index contributed by atoms with van der Waals surface area (Å²) in [6.07, 6.45) is 3.06. The van der Waals surface area contributed by atoms with E-state index in [2.05, 4.69) is 119 Å². The summed E-state index contributed by atoms with van der Waals surface area (Å²) in [5, 5.41) is 24.7. The molecule has 0 unspecified atom stereocenters. The summed E-state index contributed by atoms with van der Waals surface area (Å²) in [7, 11) is 3.58. The van der Waals surface area contributed by atoms with Gasteiger partial charge in [0.2, 0.25) is 17.8 Å². The largest absolute Gasteiger partial charge is 0.457 e. The van der Waals surface area contributed by atoms with E-state index in [1.807, 2.05) is 54.1 Å². The molecule has 3 heterocycles. The molecule has 0 aliphatic rings. The molecule has 67 heavy (non-hydrogen) atoms. The molecule has 4 aromatic carbocycles. The van der Waals surface area contributed by atoms with Gasteiger partial charge in [0.05, 0.1) is 32.9 Å². The van der Waals surface area contributed by atoms with Crippen molar-refractivity contribution in [3.8, 4) is 23.0 Å². The number of fused-ring (bicyclic) bond motifs is 1. The zero-order valence-electron chi connectivity index (χ0n) is 39.1. The maximum Gasteiger partial charge on any atom is 0.296 e. The lowest BCUT2D eigenvalue weighted by atomic mass is 9.87. The van der Waals surface area contributed by atoms with Gasteiger partial charge >= 0.3 is 0 Å². The number of hydrogen-bond acceptors (Lipinski definition) is 13. The lowest BCUT2D eigenvalue weighted by Crippen LogP contribution is -2.11. The number of nitro groups is 1. The Morgan fingerprint density at radius 3 is 1.81 bits per heavy atom. The van der Waals surface area contributed by atoms with Crippen LogP contribution in [0.4, 0.5) is 40.3 Å². The minimum absolute atomic E-state index is 0.0725. The van der Waals surface area contributed by atoms with Gasteiger partial charge in [0, 0.05) is 64.2 Å². The zero-order chi connectivity index (χ0) is 48.9. The van der Waals surface area contributed by atoms with Crippen molar-refractivity contribution in [2.24, 2.45) is 12.0 Å². The monoisotopic (exact) mass is 922 g/mol. The number of ether oxygens (including phenoxy) is 2. The number of isothiocyanates is 1. The number of carbonyl (C=O) groups is 2. The van der Waals surface area contributed by atoms with Gasteiger partial charge in [-0.25, -0.2) is 15.0 Å². The average Bonchev–Trinajstić information content (AvgIpc) is 3.56. The first-order valence-electron chi connectivity index (χ1n) is 21.0. The summed E-state index contributed by atoms with van der Waals surface area (Å²) in [6, 6.07) is 33.2. The molecule has 0 bridgehead atoms. The number of benzene rings is 4. The summed E-state index contributed by atoms with van der Waals surface area (Å²) < 4.78 is 13.6. The molecule has 4 N–H and O–H groups in total. The van der Waals surface area contributed by atoms with Gasteiger partial charge in [-0.05, 0) is 94.8 Å². The van der Waals surface area contributed by atoms with Crippen LogP contribution in [-0.2, 0) is 27.5 Å². The lowest BCUT2D eigenvalue weighted by molar-refractivity contribution is -0.384. The van der Waals surface area contributed by atoms with Gasteiger partial charge in [-0.3, -0.25) is 19.7 Å². The number of thiocarbonyl (C=S) groups is 1. The van der Waals surface area contributed by atoms with E-state index in [0.717, 1.165) is 28.4 Å². The Hall–Kier alpha value is -8.01. The minimum Gasteiger partial charge on any atom is -0.457 e. The second-order valence-electron chi connectivity index (χ2n) is 17.1. The van der Waals surface area contributed by atoms with Gasteiger partial charge in [-0.1, -0.05) is 65.8 Å². The van der Waals surface area contributed by atoms with Crippen molar-refractivity contribution in [1.82, 2.24) is 19.5 Å². The van der Waals surface area contributed by atoms with Crippen LogP contribution in [-0.4, -0.2) is 48.5 Å². The Bertz CT molecular complexity index is 2930. The quantitative estimate of drug-likeness (QED) is 0.0415. The van der Waals surface area contributed by atoms with Gasteiger partial charge < -0.3 is 35.3 Å². The molecular weight excluding hydrogens is 869 g/mol. The van der Waals surface area contributed by atoms with Crippen molar-refractivity contribution in [1.29, 1.82) is 0 Å². The molecule has 3 aromatic heterocycles. The van der Waals surface area contributed by atoms with Gasteiger partial charge in [0.1, 0.15) is 40.3 Å². The molecule has 0 saturated heterocycles. The fourth-order valence-electron chi connectivity index (χ4n) is 6.30. The number of anilines is 5. The van der Waals surface area contributed by atoms with Crippen molar-refractivity contribution >= 4 is 80.6 Å². The molecule has 346 valence electrons. The number of pyridine rings is 2. The van der Waals surface area contributed by atoms with Crippen LogP contribution in [0.1, 0.15) is 66.5 Å². The van der Waals surface area contributed by atoms with Gasteiger partial charge in [0.15, 0.2) is 0 Å². The third-order valence-corrected chi connectivity index (χ3v) is 9.79. The Balaban J connectivity index is 0.000000207.